The molecule has 0 bridgehead atoms. The predicted molar refractivity (Wildman–Crippen MR) is 90.7 cm³/mol. The van der Waals surface area contributed by atoms with Crippen molar-refractivity contribution in [3.63, 3.8) is 0 Å². The van der Waals surface area contributed by atoms with E-state index in [1.165, 1.54) is 13.2 Å². The fraction of sp³-hybridized carbons (Fsp3) is 0.278. The summed E-state index contributed by atoms with van der Waals surface area (Å²) >= 11 is 0. The van der Waals surface area contributed by atoms with Crippen molar-refractivity contribution >= 4 is 5.96 Å². The third kappa shape index (κ3) is 3.59. The second-order valence-corrected chi connectivity index (χ2v) is 5.54. The molecule has 2 aromatic carbocycles. The molecule has 0 saturated heterocycles. The molecule has 6 heteroatoms. The van der Waals surface area contributed by atoms with Gasteiger partial charge < -0.3 is 20.5 Å². The van der Waals surface area contributed by atoms with Gasteiger partial charge in [-0.05, 0) is 23.8 Å². The standard InChI is InChI=1S/C18H20FN3O2/c1-23-17-7-6-12(10-14(17)19)11-21-18(20)22-15-8-9-24-16-5-3-2-4-13(15)16/h2-7,10,15H,8-9,11H2,1H3,(H3,20,21,22). The Labute approximate surface area is 140 Å². The Balaban J connectivity index is 1.66. The Kier molecular flexibility index (Phi) is 4.84. The first-order valence-corrected chi connectivity index (χ1v) is 7.78. The number of hydrogen-bond donors (Lipinski definition) is 2. The van der Waals surface area contributed by atoms with Gasteiger partial charge in [-0.1, -0.05) is 24.3 Å². The molecule has 2 aromatic rings. The van der Waals surface area contributed by atoms with E-state index in [1.807, 2.05) is 24.3 Å². The summed E-state index contributed by atoms with van der Waals surface area (Å²) in [6.45, 7) is 0.927. The van der Waals surface area contributed by atoms with Crippen LogP contribution in [0.4, 0.5) is 4.39 Å². The number of guanidine groups is 1. The third-order valence-electron chi connectivity index (χ3n) is 3.93. The van der Waals surface area contributed by atoms with E-state index in [-0.39, 0.29) is 11.8 Å². The average Bonchev–Trinajstić information content (AvgIpc) is 2.60. The van der Waals surface area contributed by atoms with Gasteiger partial charge in [0.2, 0.25) is 0 Å². The molecule has 0 aromatic heterocycles. The maximum atomic E-state index is 13.7. The molecule has 0 aliphatic carbocycles. The SMILES string of the molecule is COc1ccc(CN=C(N)NC2CCOc3ccccc32)cc1F. The minimum Gasteiger partial charge on any atom is -0.494 e. The number of rotatable bonds is 4. The van der Waals surface area contributed by atoms with E-state index < -0.39 is 5.82 Å². The fourth-order valence-electron chi connectivity index (χ4n) is 2.70. The number of methoxy groups -OCH3 is 1. The zero-order valence-corrected chi connectivity index (χ0v) is 13.5. The van der Waals surface area contributed by atoms with Crippen molar-refractivity contribution < 1.29 is 13.9 Å². The van der Waals surface area contributed by atoms with Crippen molar-refractivity contribution in [2.45, 2.75) is 19.0 Å². The molecule has 3 N–H and O–H groups in total. The van der Waals surface area contributed by atoms with Gasteiger partial charge in [0.05, 0.1) is 26.3 Å². The van der Waals surface area contributed by atoms with Gasteiger partial charge in [0, 0.05) is 12.0 Å². The number of aliphatic imine (C=N–C) groups is 1. The minimum absolute atomic E-state index is 0.0614. The summed E-state index contributed by atoms with van der Waals surface area (Å²) in [4.78, 5) is 4.29. The summed E-state index contributed by atoms with van der Waals surface area (Å²) in [6, 6.07) is 12.7. The quantitative estimate of drug-likeness (QED) is 0.668. The van der Waals surface area contributed by atoms with Crippen molar-refractivity contribution in [1.82, 2.24) is 5.32 Å². The van der Waals surface area contributed by atoms with Crippen LogP contribution in [0.25, 0.3) is 0 Å². The van der Waals surface area contributed by atoms with Crippen LogP contribution < -0.4 is 20.5 Å². The molecule has 0 saturated carbocycles. The second kappa shape index (κ2) is 7.21. The first kappa shape index (κ1) is 16.1. The van der Waals surface area contributed by atoms with Gasteiger partial charge in [-0.15, -0.1) is 0 Å². The number of nitrogens with one attached hydrogen (secondary N) is 1. The monoisotopic (exact) mass is 329 g/mol. The lowest BCUT2D eigenvalue weighted by molar-refractivity contribution is 0.262. The van der Waals surface area contributed by atoms with Crippen molar-refractivity contribution in [1.29, 1.82) is 0 Å². The highest BCUT2D eigenvalue weighted by atomic mass is 19.1. The summed E-state index contributed by atoms with van der Waals surface area (Å²) in [7, 11) is 1.43. The molecule has 1 aliphatic heterocycles. The van der Waals surface area contributed by atoms with E-state index in [0.29, 0.717) is 19.1 Å². The molecular formula is C18H20FN3O2. The second-order valence-electron chi connectivity index (χ2n) is 5.54. The van der Waals surface area contributed by atoms with E-state index in [2.05, 4.69) is 10.3 Å². The van der Waals surface area contributed by atoms with Crippen molar-refractivity contribution in [2.75, 3.05) is 13.7 Å². The van der Waals surface area contributed by atoms with Crippen molar-refractivity contribution in [2.24, 2.45) is 10.7 Å². The number of hydrogen-bond acceptors (Lipinski definition) is 3. The average molecular weight is 329 g/mol. The van der Waals surface area contributed by atoms with Gasteiger partial charge in [0.25, 0.3) is 0 Å². The van der Waals surface area contributed by atoms with Crippen LogP contribution in [0.2, 0.25) is 0 Å². The number of para-hydroxylation sites is 1. The molecule has 0 spiro atoms. The van der Waals surface area contributed by atoms with Gasteiger partial charge in [0.1, 0.15) is 5.75 Å². The number of fused-ring (bicyclic) bond motifs is 1. The van der Waals surface area contributed by atoms with Gasteiger partial charge in [-0.2, -0.15) is 0 Å². The fourth-order valence-corrected chi connectivity index (χ4v) is 2.70. The van der Waals surface area contributed by atoms with E-state index in [0.717, 1.165) is 23.3 Å². The third-order valence-corrected chi connectivity index (χ3v) is 3.93. The Morgan fingerprint density at radius 2 is 2.21 bits per heavy atom. The number of nitrogens with two attached hydrogens (primary N) is 1. The smallest absolute Gasteiger partial charge is 0.189 e. The van der Waals surface area contributed by atoms with Crippen LogP contribution in [0, 0.1) is 5.82 Å². The number of benzene rings is 2. The van der Waals surface area contributed by atoms with Crippen LogP contribution in [0.1, 0.15) is 23.6 Å². The Hall–Kier alpha value is -2.76. The predicted octanol–water partition coefficient (Wildman–Crippen LogP) is 2.76. The maximum Gasteiger partial charge on any atom is 0.189 e. The summed E-state index contributed by atoms with van der Waals surface area (Å²) < 4.78 is 24.2. The number of halogens is 1. The van der Waals surface area contributed by atoms with Gasteiger partial charge in [-0.3, -0.25) is 0 Å². The molecular weight excluding hydrogens is 309 g/mol. The molecule has 1 atom stereocenters. The largest absolute Gasteiger partial charge is 0.494 e. The van der Waals surface area contributed by atoms with Crippen molar-refractivity contribution in [3.8, 4) is 11.5 Å². The summed E-state index contributed by atoms with van der Waals surface area (Å²) in [5, 5.41) is 3.21. The summed E-state index contributed by atoms with van der Waals surface area (Å²) in [6.07, 6.45) is 0.810. The van der Waals surface area contributed by atoms with Crippen LogP contribution in [-0.4, -0.2) is 19.7 Å². The van der Waals surface area contributed by atoms with Crippen molar-refractivity contribution in [3.05, 3.63) is 59.4 Å². The molecule has 24 heavy (non-hydrogen) atoms. The highest BCUT2D eigenvalue weighted by Gasteiger charge is 2.21. The first-order valence-electron chi connectivity index (χ1n) is 7.78. The highest BCUT2D eigenvalue weighted by Crippen LogP contribution is 2.31. The van der Waals surface area contributed by atoms with E-state index in [9.17, 15) is 4.39 Å². The van der Waals surface area contributed by atoms with Crippen LogP contribution in [0.3, 0.4) is 0 Å². The highest BCUT2D eigenvalue weighted by molar-refractivity contribution is 5.78. The Morgan fingerprint density at radius 1 is 1.38 bits per heavy atom. The van der Waals surface area contributed by atoms with Gasteiger partial charge >= 0.3 is 0 Å². The van der Waals surface area contributed by atoms with E-state index >= 15 is 0 Å². The maximum absolute atomic E-state index is 13.7. The van der Waals surface area contributed by atoms with Crippen LogP contribution in [0.5, 0.6) is 11.5 Å². The molecule has 3 rings (SSSR count). The lowest BCUT2D eigenvalue weighted by atomic mass is 10.0. The molecule has 0 radical (unpaired) electrons. The molecule has 0 fully saturated rings. The number of ether oxygens (including phenoxy) is 2. The van der Waals surface area contributed by atoms with Crippen LogP contribution in [0.15, 0.2) is 47.5 Å². The first-order chi connectivity index (χ1) is 11.7. The van der Waals surface area contributed by atoms with E-state index in [1.54, 1.807) is 12.1 Å². The van der Waals surface area contributed by atoms with Crippen LogP contribution >= 0.6 is 0 Å². The lowest BCUT2D eigenvalue weighted by Crippen LogP contribution is -2.37. The minimum atomic E-state index is -0.407. The molecule has 0 amide bonds. The topological polar surface area (TPSA) is 68.9 Å². The molecule has 126 valence electrons. The zero-order chi connectivity index (χ0) is 16.9. The molecule has 1 unspecified atom stereocenters. The zero-order valence-electron chi connectivity index (χ0n) is 13.5. The van der Waals surface area contributed by atoms with Gasteiger partial charge in [-0.25, -0.2) is 9.38 Å². The van der Waals surface area contributed by atoms with E-state index in [4.69, 9.17) is 15.2 Å². The Morgan fingerprint density at radius 3 is 3.00 bits per heavy atom. The molecule has 1 heterocycles. The summed E-state index contributed by atoms with van der Waals surface area (Å²) in [5.74, 6) is 1.00. The van der Waals surface area contributed by atoms with Crippen LogP contribution in [-0.2, 0) is 6.54 Å². The number of nitrogens with zero attached hydrogens (tertiary/aromatic N) is 1. The Bertz CT molecular complexity index is 749. The summed E-state index contributed by atoms with van der Waals surface area (Å²) in [5.41, 5.74) is 7.78. The normalized spacial score (nSPS) is 16.9. The lowest BCUT2D eigenvalue weighted by Gasteiger charge is -2.26. The molecule has 1 aliphatic rings. The molecule has 5 nitrogen and oxygen atoms in total. The van der Waals surface area contributed by atoms with Gasteiger partial charge in [0.15, 0.2) is 17.5 Å².